The number of hydrogen-bond donors (Lipinski definition) is 2. The van der Waals surface area contributed by atoms with Crippen LogP contribution in [0.3, 0.4) is 0 Å². The topological polar surface area (TPSA) is 63.3 Å². The van der Waals surface area contributed by atoms with E-state index in [0.717, 1.165) is 18.4 Å². The minimum Gasteiger partial charge on any atom is -0.480 e. The summed E-state index contributed by atoms with van der Waals surface area (Å²) < 4.78 is 0. The van der Waals surface area contributed by atoms with Gasteiger partial charge in [0.2, 0.25) is 0 Å². The number of aliphatic carboxylic acids is 1. The second-order valence-corrected chi connectivity index (χ2v) is 4.37. The number of carboxylic acids is 1. The van der Waals surface area contributed by atoms with E-state index in [1.807, 2.05) is 0 Å². The Balaban J connectivity index is 2.56. The number of aryl methyl sites for hydroxylation is 1. The van der Waals surface area contributed by atoms with Crippen molar-refractivity contribution in [3.63, 3.8) is 0 Å². The zero-order valence-electron chi connectivity index (χ0n) is 8.16. The maximum absolute atomic E-state index is 11.2. The number of rotatable bonds is 1. The van der Waals surface area contributed by atoms with Gasteiger partial charge in [-0.2, -0.15) is 0 Å². The van der Waals surface area contributed by atoms with Gasteiger partial charge >= 0.3 is 5.97 Å². The Morgan fingerprint density at radius 1 is 1.53 bits per heavy atom. The molecule has 3 nitrogen and oxygen atoms in total. The summed E-state index contributed by atoms with van der Waals surface area (Å²) in [5, 5.41) is 9.78. The van der Waals surface area contributed by atoms with E-state index in [9.17, 15) is 4.79 Å². The third-order valence-electron chi connectivity index (χ3n) is 2.95. The second kappa shape index (κ2) is 3.51. The molecule has 0 aromatic heterocycles. The van der Waals surface area contributed by atoms with Gasteiger partial charge < -0.3 is 10.8 Å². The van der Waals surface area contributed by atoms with Crippen molar-refractivity contribution in [3.8, 4) is 0 Å². The molecule has 15 heavy (non-hydrogen) atoms. The van der Waals surface area contributed by atoms with Crippen LogP contribution in [0.2, 0.25) is 5.02 Å². The van der Waals surface area contributed by atoms with E-state index < -0.39 is 11.5 Å². The molecule has 0 bridgehead atoms. The van der Waals surface area contributed by atoms with Crippen molar-refractivity contribution in [1.29, 1.82) is 0 Å². The molecule has 1 atom stereocenters. The van der Waals surface area contributed by atoms with E-state index in [4.69, 9.17) is 22.4 Å². The van der Waals surface area contributed by atoms with Gasteiger partial charge in [-0.3, -0.25) is 0 Å². The summed E-state index contributed by atoms with van der Waals surface area (Å²) in [6.45, 7) is 0. The third-order valence-corrected chi connectivity index (χ3v) is 3.18. The van der Waals surface area contributed by atoms with Gasteiger partial charge in [0.1, 0.15) is 5.54 Å². The first kappa shape index (κ1) is 10.5. The van der Waals surface area contributed by atoms with Gasteiger partial charge in [-0.1, -0.05) is 17.7 Å². The number of halogens is 1. The largest absolute Gasteiger partial charge is 0.480 e. The first-order chi connectivity index (χ1) is 7.04. The molecule has 1 aromatic rings. The summed E-state index contributed by atoms with van der Waals surface area (Å²) in [6, 6.07) is 5.22. The lowest BCUT2D eigenvalue weighted by Gasteiger charge is -2.31. The van der Waals surface area contributed by atoms with Crippen molar-refractivity contribution in [3.05, 3.63) is 34.3 Å². The molecule has 0 radical (unpaired) electrons. The van der Waals surface area contributed by atoms with E-state index in [1.165, 1.54) is 0 Å². The number of carboxylic acid groups (broad SMARTS) is 1. The number of carbonyl (C=O) groups is 1. The lowest BCUT2D eigenvalue weighted by atomic mass is 9.77. The van der Waals surface area contributed by atoms with Crippen LogP contribution in [-0.2, 0) is 16.8 Å². The van der Waals surface area contributed by atoms with Crippen LogP contribution in [0, 0.1) is 0 Å². The molecule has 0 saturated carbocycles. The Kier molecular flexibility index (Phi) is 2.44. The van der Waals surface area contributed by atoms with Gasteiger partial charge in [-0.15, -0.1) is 0 Å². The smallest absolute Gasteiger partial charge is 0.328 e. The fourth-order valence-corrected chi connectivity index (χ4v) is 2.31. The maximum atomic E-state index is 11.2. The summed E-state index contributed by atoms with van der Waals surface area (Å²) in [5.41, 5.74) is 6.34. The molecule has 4 heteroatoms. The summed E-state index contributed by atoms with van der Waals surface area (Å²) >= 11 is 5.86. The maximum Gasteiger partial charge on any atom is 0.328 e. The Morgan fingerprint density at radius 2 is 2.27 bits per heavy atom. The molecule has 0 spiro atoms. The summed E-state index contributed by atoms with van der Waals surface area (Å²) in [7, 11) is 0. The van der Waals surface area contributed by atoms with Gasteiger partial charge in [0.15, 0.2) is 0 Å². The SMILES string of the molecule is NC1(C(=O)O)CCCc2cc(Cl)ccc21. The van der Waals surface area contributed by atoms with Gasteiger partial charge in [0.25, 0.3) is 0 Å². The van der Waals surface area contributed by atoms with Crippen LogP contribution in [0.5, 0.6) is 0 Å². The Bertz CT molecular complexity index is 419. The minimum atomic E-state index is -1.24. The van der Waals surface area contributed by atoms with Crippen LogP contribution >= 0.6 is 11.6 Å². The molecule has 3 N–H and O–H groups in total. The third kappa shape index (κ3) is 1.62. The Hall–Kier alpha value is -1.06. The summed E-state index contributed by atoms with van der Waals surface area (Å²) in [5.74, 6) is -0.967. The number of fused-ring (bicyclic) bond motifs is 1. The lowest BCUT2D eigenvalue weighted by molar-refractivity contribution is -0.144. The lowest BCUT2D eigenvalue weighted by Crippen LogP contribution is -2.47. The zero-order chi connectivity index (χ0) is 11.1. The average Bonchev–Trinajstić information content (AvgIpc) is 2.17. The molecule has 1 aromatic carbocycles. The van der Waals surface area contributed by atoms with Crippen LogP contribution in [0.15, 0.2) is 18.2 Å². The van der Waals surface area contributed by atoms with Crippen LogP contribution in [0.4, 0.5) is 0 Å². The molecule has 0 fully saturated rings. The molecule has 1 aliphatic rings. The normalized spacial score (nSPS) is 24.7. The zero-order valence-corrected chi connectivity index (χ0v) is 8.92. The quantitative estimate of drug-likeness (QED) is 0.768. The highest BCUT2D eigenvalue weighted by atomic mass is 35.5. The van der Waals surface area contributed by atoms with Gasteiger partial charge in [-0.05, 0) is 42.5 Å². The number of nitrogens with two attached hydrogens (primary N) is 1. The van der Waals surface area contributed by atoms with Crippen LogP contribution in [-0.4, -0.2) is 11.1 Å². The van der Waals surface area contributed by atoms with E-state index in [-0.39, 0.29) is 0 Å². The highest BCUT2D eigenvalue weighted by Crippen LogP contribution is 2.34. The molecular formula is C11H12ClNO2. The molecule has 0 aliphatic heterocycles. The predicted molar refractivity (Wildman–Crippen MR) is 57.9 cm³/mol. The highest BCUT2D eigenvalue weighted by Gasteiger charge is 2.39. The summed E-state index contributed by atoms with van der Waals surface area (Å²) in [6.07, 6.45) is 2.12. The Morgan fingerprint density at radius 3 is 2.93 bits per heavy atom. The molecule has 0 heterocycles. The molecule has 1 aliphatic carbocycles. The van der Waals surface area contributed by atoms with E-state index >= 15 is 0 Å². The van der Waals surface area contributed by atoms with Crippen molar-refractivity contribution in [2.45, 2.75) is 24.8 Å². The van der Waals surface area contributed by atoms with Gasteiger partial charge in [0, 0.05) is 5.02 Å². The minimum absolute atomic E-state index is 0.483. The Labute approximate surface area is 92.8 Å². The van der Waals surface area contributed by atoms with Crippen molar-refractivity contribution in [2.24, 2.45) is 5.73 Å². The molecular weight excluding hydrogens is 214 g/mol. The standard InChI is InChI=1S/C11H12ClNO2/c12-8-3-4-9-7(6-8)2-1-5-11(9,13)10(14)15/h3-4,6H,1-2,5,13H2,(H,14,15). The van der Waals surface area contributed by atoms with Crippen LogP contribution in [0.25, 0.3) is 0 Å². The van der Waals surface area contributed by atoms with Crippen molar-refractivity contribution < 1.29 is 9.90 Å². The van der Waals surface area contributed by atoms with E-state index in [1.54, 1.807) is 18.2 Å². The van der Waals surface area contributed by atoms with E-state index in [2.05, 4.69) is 0 Å². The average molecular weight is 226 g/mol. The van der Waals surface area contributed by atoms with Crippen molar-refractivity contribution in [2.75, 3.05) is 0 Å². The fraction of sp³-hybridized carbons (Fsp3) is 0.364. The summed E-state index contributed by atoms with van der Waals surface area (Å²) in [4.78, 5) is 11.2. The first-order valence-electron chi connectivity index (χ1n) is 4.85. The monoisotopic (exact) mass is 225 g/mol. The highest BCUT2D eigenvalue weighted by molar-refractivity contribution is 6.30. The van der Waals surface area contributed by atoms with Crippen LogP contribution < -0.4 is 5.73 Å². The number of benzene rings is 1. The van der Waals surface area contributed by atoms with Crippen molar-refractivity contribution >= 4 is 17.6 Å². The molecule has 0 amide bonds. The predicted octanol–water partition coefficient (Wildman–Crippen LogP) is 1.91. The molecule has 0 saturated heterocycles. The van der Waals surface area contributed by atoms with Gasteiger partial charge in [-0.25, -0.2) is 4.79 Å². The number of hydrogen-bond acceptors (Lipinski definition) is 2. The molecule has 2 rings (SSSR count). The van der Waals surface area contributed by atoms with Gasteiger partial charge in [0.05, 0.1) is 0 Å². The van der Waals surface area contributed by atoms with Crippen molar-refractivity contribution in [1.82, 2.24) is 0 Å². The first-order valence-corrected chi connectivity index (χ1v) is 5.23. The van der Waals surface area contributed by atoms with Crippen LogP contribution in [0.1, 0.15) is 24.0 Å². The second-order valence-electron chi connectivity index (χ2n) is 3.93. The molecule has 1 unspecified atom stereocenters. The molecule has 80 valence electrons. The fourth-order valence-electron chi connectivity index (χ4n) is 2.12. The van der Waals surface area contributed by atoms with E-state index in [0.29, 0.717) is 17.0 Å².